The van der Waals surface area contributed by atoms with Crippen molar-refractivity contribution in [1.29, 1.82) is 0 Å². The fourth-order valence-corrected chi connectivity index (χ4v) is 2.90. The minimum absolute atomic E-state index is 0.479. The van der Waals surface area contributed by atoms with E-state index in [1.165, 1.54) is 5.56 Å². The van der Waals surface area contributed by atoms with Gasteiger partial charge in [-0.3, -0.25) is 4.98 Å². The molecule has 0 aliphatic carbocycles. The lowest BCUT2D eigenvalue weighted by atomic mass is 10.2. The zero-order chi connectivity index (χ0) is 16.1. The van der Waals surface area contributed by atoms with Gasteiger partial charge in [0.15, 0.2) is 0 Å². The zero-order valence-electron chi connectivity index (χ0n) is 13.7. The van der Waals surface area contributed by atoms with Crippen LogP contribution < -0.4 is 19.7 Å². The van der Waals surface area contributed by atoms with Gasteiger partial charge < -0.3 is 19.7 Å². The average molecular weight is 313 g/mol. The monoisotopic (exact) mass is 313 g/mol. The smallest absolute Gasteiger partial charge is 0.124 e. The van der Waals surface area contributed by atoms with Crippen molar-refractivity contribution >= 4 is 5.69 Å². The third kappa shape index (κ3) is 3.93. The Morgan fingerprint density at radius 3 is 2.65 bits per heavy atom. The Bertz CT molecular complexity index is 611. The van der Waals surface area contributed by atoms with Gasteiger partial charge in [0.1, 0.15) is 11.5 Å². The molecular weight excluding hydrogens is 290 g/mol. The first-order valence-electron chi connectivity index (χ1n) is 7.89. The molecule has 3 rings (SSSR count). The molecule has 1 saturated heterocycles. The Morgan fingerprint density at radius 1 is 1.22 bits per heavy atom. The third-order valence-electron chi connectivity index (χ3n) is 4.21. The number of ether oxygens (including phenoxy) is 2. The van der Waals surface area contributed by atoms with Crippen molar-refractivity contribution in [3.05, 3.63) is 48.3 Å². The van der Waals surface area contributed by atoms with Crippen molar-refractivity contribution < 1.29 is 9.47 Å². The van der Waals surface area contributed by atoms with Gasteiger partial charge in [0, 0.05) is 62.0 Å². The Morgan fingerprint density at radius 2 is 2.00 bits per heavy atom. The van der Waals surface area contributed by atoms with Crippen molar-refractivity contribution in [2.45, 2.75) is 19.0 Å². The van der Waals surface area contributed by atoms with E-state index >= 15 is 0 Å². The van der Waals surface area contributed by atoms with Crippen LogP contribution in [0.2, 0.25) is 0 Å². The topological polar surface area (TPSA) is 46.6 Å². The van der Waals surface area contributed by atoms with Crippen LogP contribution in [-0.2, 0) is 6.54 Å². The highest BCUT2D eigenvalue weighted by Crippen LogP contribution is 2.30. The second-order valence-corrected chi connectivity index (χ2v) is 5.74. The maximum atomic E-state index is 5.36. The Hall–Kier alpha value is -2.27. The standard InChI is InChI=1S/C18H23N3O2/c1-22-17-8-16(9-18(10-17)23-2)21-7-5-15(13-21)20-12-14-4-3-6-19-11-14/h3-4,6,8-11,15,20H,5,7,12-13H2,1-2H3. The summed E-state index contributed by atoms with van der Waals surface area (Å²) in [5, 5.41) is 3.61. The second-order valence-electron chi connectivity index (χ2n) is 5.74. The van der Waals surface area contributed by atoms with Crippen LogP contribution >= 0.6 is 0 Å². The molecule has 1 atom stereocenters. The maximum Gasteiger partial charge on any atom is 0.124 e. The van der Waals surface area contributed by atoms with Gasteiger partial charge in [-0.15, -0.1) is 0 Å². The summed E-state index contributed by atoms with van der Waals surface area (Å²) in [5.41, 5.74) is 2.36. The summed E-state index contributed by atoms with van der Waals surface area (Å²) in [4.78, 5) is 6.52. The average Bonchev–Trinajstić information content (AvgIpc) is 3.09. The van der Waals surface area contributed by atoms with E-state index < -0.39 is 0 Å². The van der Waals surface area contributed by atoms with Gasteiger partial charge in [-0.25, -0.2) is 0 Å². The normalized spacial score (nSPS) is 17.3. The van der Waals surface area contributed by atoms with E-state index in [4.69, 9.17) is 9.47 Å². The SMILES string of the molecule is COc1cc(OC)cc(N2CCC(NCc3cccnc3)C2)c1. The summed E-state index contributed by atoms with van der Waals surface area (Å²) in [5.74, 6) is 1.65. The molecule has 1 aliphatic rings. The van der Waals surface area contributed by atoms with E-state index in [0.29, 0.717) is 6.04 Å². The fourth-order valence-electron chi connectivity index (χ4n) is 2.90. The highest BCUT2D eigenvalue weighted by Gasteiger charge is 2.23. The predicted molar refractivity (Wildman–Crippen MR) is 91.2 cm³/mol. The molecule has 1 fully saturated rings. The molecule has 0 saturated carbocycles. The van der Waals surface area contributed by atoms with E-state index in [-0.39, 0.29) is 0 Å². The van der Waals surface area contributed by atoms with E-state index in [2.05, 4.69) is 33.4 Å². The van der Waals surface area contributed by atoms with Gasteiger partial charge in [0.2, 0.25) is 0 Å². The molecule has 0 amide bonds. The van der Waals surface area contributed by atoms with Gasteiger partial charge in [-0.2, -0.15) is 0 Å². The number of nitrogens with one attached hydrogen (secondary N) is 1. The number of hydrogen-bond acceptors (Lipinski definition) is 5. The number of nitrogens with zero attached hydrogens (tertiary/aromatic N) is 2. The molecule has 1 unspecified atom stereocenters. The number of hydrogen-bond donors (Lipinski definition) is 1. The Labute approximate surface area is 137 Å². The Kier molecular flexibility index (Phi) is 4.98. The van der Waals surface area contributed by atoms with Crippen molar-refractivity contribution in [3.63, 3.8) is 0 Å². The molecule has 0 bridgehead atoms. The molecule has 1 N–H and O–H groups in total. The lowest BCUT2D eigenvalue weighted by Gasteiger charge is -2.20. The van der Waals surface area contributed by atoms with Gasteiger partial charge in [0.25, 0.3) is 0 Å². The van der Waals surface area contributed by atoms with Crippen molar-refractivity contribution in [1.82, 2.24) is 10.3 Å². The van der Waals surface area contributed by atoms with Crippen LogP contribution in [0.25, 0.3) is 0 Å². The fraction of sp³-hybridized carbons (Fsp3) is 0.389. The molecule has 0 spiro atoms. The molecular formula is C18H23N3O2. The molecule has 1 aliphatic heterocycles. The first kappa shape index (κ1) is 15.6. The van der Waals surface area contributed by atoms with Gasteiger partial charge in [0.05, 0.1) is 14.2 Å². The van der Waals surface area contributed by atoms with Gasteiger partial charge in [-0.05, 0) is 18.1 Å². The molecule has 5 nitrogen and oxygen atoms in total. The van der Waals surface area contributed by atoms with Crippen LogP contribution in [0.4, 0.5) is 5.69 Å². The first-order valence-corrected chi connectivity index (χ1v) is 7.89. The highest BCUT2D eigenvalue weighted by molar-refractivity contribution is 5.56. The molecule has 1 aromatic carbocycles. The molecule has 122 valence electrons. The number of rotatable bonds is 6. The molecule has 0 radical (unpaired) electrons. The summed E-state index contributed by atoms with van der Waals surface area (Å²) in [6, 6.07) is 10.6. The summed E-state index contributed by atoms with van der Waals surface area (Å²) < 4.78 is 10.7. The van der Waals surface area contributed by atoms with Crippen LogP contribution in [0.5, 0.6) is 11.5 Å². The van der Waals surface area contributed by atoms with Crippen LogP contribution in [0.15, 0.2) is 42.7 Å². The molecule has 23 heavy (non-hydrogen) atoms. The van der Waals surface area contributed by atoms with Gasteiger partial charge in [-0.1, -0.05) is 6.07 Å². The Balaban J connectivity index is 1.61. The third-order valence-corrected chi connectivity index (χ3v) is 4.21. The maximum absolute atomic E-state index is 5.36. The summed E-state index contributed by atoms with van der Waals surface area (Å²) in [6.07, 6.45) is 4.84. The number of methoxy groups -OCH3 is 2. The minimum Gasteiger partial charge on any atom is -0.497 e. The van der Waals surface area contributed by atoms with Crippen molar-refractivity contribution in [2.75, 3.05) is 32.2 Å². The summed E-state index contributed by atoms with van der Waals surface area (Å²) >= 11 is 0. The lowest BCUT2D eigenvalue weighted by Crippen LogP contribution is -2.32. The van der Waals surface area contributed by atoms with Crippen molar-refractivity contribution in [2.24, 2.45) is 0 Å². The quantitative estimate of drug-likeness (QED) is 0.888. The molecule has 2 aromatic rings. The van der Waals surface area contributed by atoms with E-state index in [9.17, 15) is 0 Å². The predicted octanol–water partition coefficient (Wildman–Crippen LogP) is 2.47. The van der Waals surface area contributed by atoms with E-state index in [0.717, 1.165) is 43.2 Å². The summed E-state index contributed by atoms with van der Waals surface area (Å²) in [7, 11) is 3.36. The van der Waals surface area contributed by atoms with Crippen molar-refractivity contribution in [3.8, 4) is 11.5 Å². The van der Waals surface area contributed by atoms with Crippen LogP contribution in [0.3, 0.4) is 0 Å². The lowest BCUT2D eigenvalue weighted by molar-refractivity contribution is 0.394. The molecule has 2 heterocycles. The zero-order valence-corrected chi connectivity index (χ0v) is 13.7. The van der Waals surface area contributed by atoms with Crippen LogP contribution in [-0.4, -0.2) is 38.3 Å². The second kappa shape index (κ2) is 7.33. The summed E-state index contributed by atoms with van der Waals surface area (Å²) in [6.45, 7) is 2.87. The molecule has 1 aromatic heterocycles. The number of pyridine rings is 1. The number of anilines is 1. The van der Waals surface area contributed by atoms with E-state index in [1.54, 1.807) is 20.4 Å². The minimum atomic E-state index is 0.479. The van der Waals surface area contributed by atoms with Gasteiger partial charge >= 0.3 is 0 Å². The van der Waals surface area contributed by atoms with Crippen LogP contribution in [0.1, 0.15) is 12.0 Å². The van der Waals surface area contributed by atoms with E-state index in [1.807, 2.05) is 18.3 Å². The highest BCUT2D eigenvalue weighted by atomic mass is 16.5. The number of benzene rings is 1. The largest absolute Gasteiger partial charge is 0.497 e. The first-order chi connectivity index (χ1) is 11.3. The molecule has 5 heteroatoms. The number of aromatic nitrogens is 1. The van der Waals surface area contributed by atoms with Crippen LogP contribution in [0, 0.1) is 0 Å².